The standard InChI is InChI=1S/C9H10N2O3S/c12-6-2-1-5(11-14)7(8(6)13)9-10-3-4-15-9/h1-2,9-11,14H,3-4H2. The van der Waals surface area contributed by atoms with Crippen molar-refractivity contribution in [2.45, 2.75) is 5.37 Å². The van der Waals surface area contributed by atoms with E-state index in [-0.39, 0.29) is 5.37 Å². The summed E-state index contributed by atoms with van der Waals surface area (Å²) in [5, 5.41) is 11.7. The van der Waals surface area contributed by atoms with Gasteiger partial charge in [0.05, 0.1) is 16.6 Å². The Balaban J connectivity index is 2.36. The van der Waals surface area contributed by atoms with Crippen molar-refractivity contribution in [1.82, 2.24) is 10.8 Å². The number of hydrogen-bond donors (Lipinski definition) is 3. The first-order chi connectivity index (χ1) is 7.24. The zero-order valence-electron chi connectivity index (χ0n) is 7.82. The van der Waals surface area contributed by atoms with Crippen LogP contribution in [0.1, 0.15) is 0 Å². The first-order valence-corrected chi connectivity index (χ1v) is 5.55. The molecule has 1 aliphatic carbocycles. The average molecular weight is 226 g/mol. The van der Waals surface area contributed by atoms with Crippen LogP contribution in [0.3, 0.4) is 0 Å². The van der Waals surface area contributed by atoms with Crippen molar-refractivity contribution in [3.8, 4) is 0 Å². The van der Waals surface area contributed by atoms with Crippen LogP contribution in [0.5, 0.6) is 0 Å². The summed E-state index contributed by atoms with van der Waals surface area (Å²) in [5.41, 5.74) is 2.56. The minimum absolute atomic E-state index is 0.207. The van der Waals surface area contributed by atoms with Crippen LogP contribution >= 0.6 is 11.8 Å². The molecule has 0 bridgehead atoms. The van der Waals surface area contributed by atoms with Crippen LogP contribution in [-0.4, -0.2) is 34.4 Å². The minimum atomic E-state index is -0.555. The molecule has 0 aromatic heterocycles. The van der Waals surface area contributed by atoms with E-state index in [9.17, 15) is 9.59 Å². The van der Waals surface area contributed by atoms with Crippen LogP contribution < -0.4 is 10.8 Å². The number of hydroxylamine groups is 1. The van der Waals surface area contributed by atoms with Gasteiger partial charge < -0.3 is 5.32 Å². The smallest absolute Gasteiger partial charge is 0.233 e. The predicted molar refractivity (Wildman–Crippen MR) is 55.4 cm³/mol. The molecule has 80 valence electrons. The van der Waals surface area contributed by atoms with Gasteiger partial charge in [-0.2, -0.15) is 0 Å². The van der Waals surface area contributed by atoms with Crippen LogP contribution in [0.25, 0.3) is 0 Å². The van der Waals surface area contributed by atoms with Crippen LogP contribution in [-0.2, 0) is 9.59 Å². The molecule has 0 spiro atoms. The van der Waals surface area contributed by atoms with E-state index in [0.717, 1.165) is 18.4 Å². The third-order valence-corrected chi connectivity index (χ3v) is 3.43. The summed E-state index contributed by atoms with van der Waals surface area (Å²) in [4.78, 5) is 22.8. The first-order valence-electron chi connectivity index (χ1n) is 4.50. The number of nitrogens with one attached hydrogen (secondary N) is 2. The van der Waals surface area contributed by atoms with E-state index in [0.29, 0.717) is 11.3 Å². The summed E-state index contributed by atoms with van der Waals surface area (Å²) in [6, 6.07) is 0. The Labute approximate surface area is 90.6 Å². The molecule has 5 nitrogen and oxygen atoms in total. The second-order valence-electron chi connectivity index (χ2n) is 3.17. The zero-order chi connectivity index (χ0) is 10.8. The summed E-state index contributed by atoms with van der Waals surface area (Å²) in [6.45, 7) is 0.794. The van der Waals surface area contributed by atoms with Gasteiger partial charge in [0.2, 0.25) is 11.6 Å². The molecule has 1 saturated heterocycles. The second kappa shape index (κ2) is 4.18. The lowest BCUT2D eigenvalue weighted by molar-refractivity contribution is -0.131. The molecule has 0 amide bonds. The SMILES string of the molecule is O=C1C=CC(NO)=C(C2NCCS2)C1=O. The lowest BCUT2D eigenvalue weighted by Gasteiger charge is -2.18. The Morgan fingerprint density at radius 1 is 1.47 bits per heavy atom. The lowest BCUT2D eigenvalue weighted by Crippen LogP contribution is -2.34. The number of rotatable bonds is 2. The van der Waals surface area contributed by atoms with E-state index in [4.69, 9.17) is 5.21 Å². The zero-order valence-corrected chi connectivity index (χ0v) is 8.63. The molecule has 1 unspecified atom stereocenters. The van der Waals surface area contributed by atoms with Crippen molar-refractivity contribution in [3.63, 3.8) is 0 Å². The molecule has 1 heterocycles. The van der Waals surface area contributed by atoms with Crippen molar-refractivity contribution < 1.29 is 14.8 Å². The number of thioether (sulfide) groups is 1. The van der Waals surface area contributed by atoms with Gasteiger partial charge in [0.25, 0.3) is 0 Å². The number of carbonyl (C=O) groups is 2. The Hall–Kier alpha value is -1.11. The van der Waals surface area contributed by atoms with Crippen LogP contribution in [0.4, 0.5) is 0 Å². The number of hydrogen-bond acceptors (Lipinski definition) is 6. The summed E-state index contributed by atoms with van der Waals surface area (Å²) < 4.78 is 0. The molecule has 6 heteroatoms. The van der Waals surface area contributed by atoms with Gasteiger partial charge in [-0.05, 0) is 12.2 Å². The van der Waals surface area contributed by atoms with Crippen LogP contribution in [0.15, 0.2) is 23.4 Å². The minimum Gasteiger partial charge on any atom is -0.301 e. The maximum Gasteiger partial charge on any atom is 0.233 e. The summed E-state index contributed by atoms with van der Waals surface area (Å²) >= 11 is 1.55. The van der Waals surface area contributed by atoms with E-state index in [1.54, 1.807) is 11.8 Å². The highest BCUT2D eigenvalue weighted by molar-refractivity contribution is 8.00. The lowest BCUT2D eigenvalue weighted by atomic mass is 9.99. The highest BCUT2D eigenvalue weighted by Gasteiger charge is 2.32. The number of Topliss-reactive ketones (excluding diaryl/α,β-unsaturated/α-hetero) is 1. The topological polar surface area (TPSA) is 78.4 Å². The molecule has 1 atom stereocenters. The molecule has 1 fully saturated rings. The van der Waals surface area contributed by atoms with Crippen molar-refractivity contribution in [2.24, 2.45) is 0 Å². The molecule has 2 rings (SSSR count). The third kappa shape index (κ3) is 1.83. The van der Waals surface area contributed by atoms with Gasteiger partial charge in [-0.25, -0.2) is 0 Å². The predicted octanol–water partition coefficient (Wildman–Crippen LogP) is -0.410. The van der Waals surface area contributed by atoms with Gasteiger partial charge in [0.1, 0.15) is 0 Å². The van der Waals surface area contributed by atoms with E-state index in [1.165, 1.54) is 6.08 Å². The number of allylic oxidation sites excluding steroid dienone is 2. The van der Waals surface area contributed by atoms with Crippen molar-refractivity contribution in [1.29, 1.82) is 0 Å². The highest BCUT2D eigenvalue weighted by Crippen LogP contribution is 2.26. The van der Waals surface area contributed by atoms with Gasteiger partial charge in [0.15, 0.2) is 0 Å². The Kier molecular flexibility index (Phi) is 2.90. The van der Waals surface area contributed by atoms with Crippen molar-refractivity contribution in [2.75, 3.05) is 12.3 Å². The van der Waals surface area contributed by atoms with Gasteiger partial charge in [-0.3, -0.25) is 20.3 Å². The Bertz CT molecular complexity index is 370. The second-order valence-corrected chi connectivity index (χ2v) is 4.38. The first kappa shape index (κ1) is 10.4. The normalized spacial score (nSPS) is 26.3. The van der Waals surface area contributed by atoms with Gasteiger partial charge in [0, 0.05) is 12.3 Å². The van der Waals surface area contributed by atoms with Crippen molar-refractivity contribution in [3.05, 3.63) is 23.4 Å². The van der Waals surface area contributed by atoms with E-state index in [1.807, 2.05) is 5.48 Å². The van der Waals surface area contributed by atoms with E-state index >= 15 is 0 Å². The Morgan fingerprint density at radius 3 is 2.87 bits per heavy atom. The van der Waals surface area contributed by atoms with Gasteiger partial charge in [-0.15, -0.1) is 11.8 Å². The summed E-state index contributed by atoms with van der Waals surface area (Å²) in [7, 11) is 0. The van der Waals surface area contributed by atoms with Crippen molar-refractivity contribution >= 4 is 23.3 Å². The molecule has 15 heavy (non-hydrogen) atoms. The summed E-state index contributed by atoms with van der Waals surface area (Å²) in [5.74, 6) is -0.211. The third-order valence-electron chi connectivity index (χ3n) is 2.26. The maximum absolute atomic E-state index is 11.6. The van der Waals surface area contributed by atoms with Crippen LogP contribution in [0.2, 0.25) is 0 Å². The molecule has 2 aliphatic rings. The molecule has 0 saturated carbocycles. The molecule has 0 radical (unpaired) electrons. The fourth-order valence-corrected chi connectivity index (χ4v) is 2.66. The quantitative estimate of drug-likeness (QED) is 0.337. The fraction of sp³-hybridized carbons (Fsp3) is 0.333. The molecular weight excluding hydrogens is 216 g/mol. The molecule has 0 aromatic rings. The highest BCUT2D eigenvalue weighted by atomic mass is 32.2. The molecule has 0 aromatic carbocycles. The monoisotopic (exact) mass is 226 g/mol. The van der Waals surface area contributed by atoms with Crippen LogP contribution in [0, 0.1) is 0 Å². The molecule has 1 aliphatic heterocycles. The molecular formula is C9H10N2O3S. The van der Waals surface area contributed by atoms with E-state index in [2.05, 4.69) is 5.32 Å². The molecule has 3 N–H and O–H groups in total. The summed E-state index contributed by atoms with van der Waals surface area (Å²) in [6.07, 6.45) is 2.57. The number of carbonyl (C=O) groups excluding carboxylic acids is 2. The number of ketones is 2. The maximum atomic E-state index is 11.6. The Morgan fingerprint density at radius 2 is 2.27 bits per heavy atom. The van der Waals surface area contributed by atoms with E-state index < -0.39 is 11.6 Å². The largest absolute Gasteiger partial charge is 0.301 e. The fourth-order valence-electron chi connectivity index (χ4n) is 1.55. The van der Waals surface area contributed by atoms with Gasteiger partial charge >= 0.3 is 0 Å². The average Bonchev–Trinajstić information content (AvgIpc) is 2.75. The van der Waals surface area contributed by atoms with Gasteiger partial charge in [-0.1, -0.05) is 0 Å².